The van der Waals surface area contributed by atoms with E-state index in [0.29, 0.717) is 5.92 Å². The van der Waals surface area contributed by atoms with Gasteiger partial charge >= 0.3 is 0 Å². The molecule has 0 aliphatic heterocycles. The third kappa shape index (κ3) is 4.90. The second-order valence-corrected chi connectivity index (χ2v) is 4.52. The minimum atomic E-state index is 0.553. The lowest BCUT2D eigenvalue weighted by Crippen LogP contribution is -2.00. The van der Waals surface area contributed by atoms with E-state index in [1.54, 1.807) is 0 Å². The number of benzene rings is 2. The minimum absolute atomic E-state index is 0.553. The summed E-state index contributed by atoms with van der Waals surface area (Å²) < 4.78 is 0. The Morgan fingerprint density at radius 2 is 1.16 bits per heavy atom. The van der Waals surface area contributed by atoms with Crippen molar-refractivity contribution in [3.8, 4) is 0 Å². The molecule has 19 heavy (non-hydrogen) atoms. The third-order valence-corrected chi connectivity index (χ3v) is 3.25. The quantitative estimate of drug-likeness (QED) is 0.610. The van der Waals surface area contributed by atoms with Crippen LogP contribution in [0, 0.1) is 0 Å². The SMILES string of the molecule is CC.CCCCC(c1ccccc1)c1ccccc1. The monoisotopic (exact) mass is 254 g/mol. The van der Waals surface area contributed by atoms with Gasteiger partial charge in [0.2, 0.25) is 0 Å². The molecule has 2 aromatic carbocycles. The third-order valence-electron chi connectivity index (χ3n) is 3.25. The Labute approximate surface area is 118 Å². The zero-order chi connectivity index (χ0) is 13.9. The van der Waals surface area contributed by atoms with Crippen LogP contribution in [0.15, 0.2) is 60.7 Å². The van der Waals surface area contributed by atoms with Gasteiger partial charge in [-0.15, -0.1) is 0 Å². The predicted octanol–water partition coefficient (Wildman–Crippen LogP) is 6.03. The molecule has 0 aliphatic rings. The van der Waals surface area contributed by atoms with E-state index in [9.17, 15) is 0 Å². The fourth-order valence-electron chi connectivity index (χ4n) is 2.30. The van der Waals surface area contributed by atoms with Crippen LogP contribution in [0.2, 0.25) is 0 Å². The highest BCUT2D eigenvalue weighted by Crippen LogP contribution is 2.29. The van der Waals surface area contributed by atoms with Crippen molar-refractivity contribution in [3.05, 3.63) is 71.8 Å². The second kappa shape index (κ2) is 9.38. The maximum absolute atomic E-state index is 2.26. The van der Waals surface area contributed by atoms with E-state index in [4.69, 9.17) is 0 Å². The molecule has 0 bridgehead atoms. The molecule has 0 saturated carbocycles. The molecule has 102 valence electrons. The van der Waals surface area contributed by atoms with Crippen LogP contribution in [-0.2, 0) is 0 Å². The van der Waals surface area contributed by atoms with Crippen LogP contribution in [-0.4, -0.2) is 0 Å². The van der Waals surface area contributed by atoms with Crippen molar-refractivity contribution >= 4 is 0 Å². The van der Waals surface area contributed by atoms with Crippen LogP contribution in [0.1, 0.15) is 57.1 Å². The van der Waals surface area contributed by atoms with Crippen molar-refractivity contribution in [3.63, 3.8) is 0 Å². The highest BCUT2D eigenvalue weighted by atomic mass is 14.2. The Kier molecular flexibility index (Phi) is 7.65. The average Bonchev–Trinajstić information content (AvgIpc) is 2.52. The first kappa shape index (κ1) is 15.5. The summed E-state index contributed by atoms with van der Waals surface area (Å²) >= 11 is 0. The van der Waals surface area contributed by atoms with Crippen molar-refractivity contribution in [2.45, 2.75) is 46.0 Å². The van der Waals surface area contributed by atoms with E-state index in [1.165, 1.54) is 30.4 Å². The molecule has 0 fully saturated rings. The zero-order valence-corrected chi connectivity index (χ0v) is 12.5. The fraction of sp³-hybridized carbons (Fsp3) is 0.368. The standard InChI is InChI=1S/C17H20.C2H6/c1-2-3-14-17(15-10-6-4-7-11-15)16-12-8-5-9-13-16;1-2/h4-13,17H,2-3,14H2,1H3;1-2H3. The number of unbranched alkanes of at least 4 members (excludes halogenated alkanes) is 1. The van der Waals surface area contributed by atoms with Gasteiger partial charge in [0.15, 0.2) is 0 Å². The van der Waals surface area contributed by atoms with Crippen LogP contribution >= 0.6 is 0 Å². The van der Waals surface area contributed by atoms with Crippen molar-refractivity contribution in [2.24, 2.45) is 0 Å². The smallest absolute Gasteiger partial charge is 0.00893 e. The summed E-state index contributed by atoms with van der Waals surface area (Å²) in [5, 5.41) is 0. The van der Waals surface area contributed by atoms with Gasteiger partial charge in [-0.1, -0.05) is 94.3 Å². The molecule has 0 N–H and O–H groups in total. The summed E-state index contributed by atoms with van der Waals surface area (Å²) in [4.78, 5) is 0. The van der Waals surface area contributed by atoms with Crippen LogP contribution in [0.5, 0.6) is 0 Å². The van der Waals surface area contributed by atoms with Crippen molar-refractivity contribution in [1.82, 2.24) is 0 Å². The first-order chi connectivity index (χ1) is 9.42. The molecular formula is C19H26. The molecule has 0 heterocycles. The number of hydrogen-bond acceptors (Lipinski definition) is 0. The molecule has 2 rings (SSSR count). The van der Waals surface area contributed by atoms with Crippen LogP contribution < -0.4 is 0 Å². The minimum Gasteiger partial charge on any atom is -0.0683 e. The zero-order valence-electron chi connectivity index (χ0n) is 12.5. The fourth-order valence-corrected chi connectivity index (χ4v) is 2.30. The van der Waals surface area contributed by atoms with Gasteiger partial charge in [-0.05, 0) is 17.5 Å². The molecule has 0 aromatic heterocycles. The Morgan fingerprint density at radius 3 is 1.53 bits per heavy atom. The van der Waals surface area contributed by atoms with Gasteiger partial charge in [0, 0.05) is 5.92 Å². The highest BCUT2D eigenvalue weighted by molar-refractivity contribution is 5.32. The molecule has 0 amide bonds. The maximum atomic E-state index is 2.26. The van der Waals surface area contributed by atoms with Crippen LogP contribution in [0.3, 0.4) is 0 Å². The van der Waals surface area contributed by atoms with Crippen molar-refractivity contribution < 1.29 is 0 Å². The van der Waals surface area contributed by atoms with Gasteiger partial charge in [0.25, 0.3) is 0 Å². The summed E-state index contributed by atoms with van der Waals surface area (Å²) in [7, 11) is 0. The van der Waals surface area contributed by atoms with E-state index in [2.05, 4.69) is 67.6 Å². The van der Waals surface area contributed by atoms with E-state index in [1.807, 2.05) is 13.8 Å². The molecule has 0 heteroatoms. The van der Waals surface area contributed by atoms with Crippen LogP contribution in [0.25, 0.3) is 0 Å². The molecule has 0 spiro atoms. The molecule has 0 atom stereocenters. The average molecular weight is 254 g/mol. The van der Waals surface area contributed by atoms with E-state index in [0.717, 1.165) is 0 Å². The Morgan fingerprint density at radius 1 is 0.737 bits per heavy atom. The van der Waals surface area contributed by atoms with E-state index in [-0.39, 0.29) is 0 Å². The summed E-state index contributed by atoms with van der Waals surface area (Å²) in [6.45, 7) is 6.26. The largest absolute Gasteiger partial charge is 0.0683 e. The Bertz CT molecular complexity index is 377. The van der Waals surface area contributed by atoms with Crippen LogP contribution in [0.4, 0.5) is 0 Å². The van der Waals surface area contributed by atoms with Gasteiger partial charge in [0.05, 0.1) is 0 Å². The lowest BCUT2D eigenvalue weighted by molar-refractivity contribution is 0.650. The molecule has 0 unspecified atom stereocenters. The van der Waals surface area contributed by atoms with Crippen molar-refractivity contribution in [2.75, 3.05) is 0 Å². The van der Waals surface area contributed by atoms with Gasteiger partial charge in [-0.25, -0.2) is 0 Å². The molecule has 0 nitrogen and oxygen atoms in total. The summed E-state index contributed by atoms with van der Waals surface area (Å²) in [6.07, 6.45) is 3.79. The molecule has 2 aromatic rings. The maximum Gasteiger partial charge on any atom is 0.00893 e. The Balaban J connectivity index is 0.000000861. The van der Waals surface area contributed by atoms with Gasteiger partial charge in [-0.3, -0.25) is 0 Å². The summed E-state index contributed by atoms with van der Waals surface area (Å²) in [6, 6.07) is 21.7. The molecule has 0 saturated heterocycles. The molecule has 0 aliphatic carbocycles. The Hall–Kier alpha value is -1.56. The van der Waals surface area contributed by atoms with Gasteiger partial charge < -0.3 is 0 Å². The molecule has 0 radical (unpaired) electrons. The first-order valence-corrected chi connectivity index (χ1v) is 7.51. The van der Waals surface area contributed by atoms with Crippen molar-refractivity contribution in [1.29, 1.82) is 0 Å². The normalized spacial score (nSPS) is 9.89. The van der Waals surface area contributed by atoms with Gasteiger partial charge in [0.1, 0.15) is 0 Å². The highest BCUT2D eigenvalue weighted by Gasteiger charge is 2.12. The number of rotatable bonds is 5. The first-order valence-electron chi connectivity index (χ1n) is 7.51. The predicted molar refractivity (Wildman–Crippen MR) is 85.6 cm³/mol. The topological polar surface area (TPSA) is 0 Å². The summed E-state index contributed by atoms with van der Waals surface area (Å²) in [5.74, 6) is 0.553. The van der Waals surface area contributed by atoms with E-state index < -0.39 is 0 Å². The molecular weight excluding hydrogens is 228 g/mol. The summed E-state index contributed by atoms with van der Waals surface area (Å²) in [5.41, 5.74) is 2.87. The number of hydrogen-bond donors (Lipinski definition) is 0. The lowest BCUT2D eigenvalue weighted by Gasteiger charge is -2.17. The lowest BCUT2D eigenvalue weighted by atomic mass is 9.87. The van der Waals surface area contributed by atoms with Gasteiger partial charge in [-0.2, -0.15) is 0 Å². The van der Waals surface area contributed by atoms with E-state index >= 15 is 0 Å². The second-order valence-electron chi connectivity index (χ2n) is 4.52.